The van der Waals surface area contributed by atoms with Gasteiger partial charge in [0.25, 0.3) is 0 Å². The van der Waals surface area contributed by atoms with E-state index in [1.165, 1.54) is 12.3 Å². The monoisotopic (exact) mass is 317 g/mol. The van der Waals surface area contributed by atoms with Gasteiger partial charge in [0, 0.05) is 11.8 Å². The lowest BCUT2D eigenvalue weighted by Gasteiger charge is -2.07. The van der Waals surface area contributed by atoms with Gasteiger partial charge in [-0.25, -0.2) is 4.79 Å². The first-order valence-corrected chi connectivity index (χ1v) is 7.42. The molecule has 4 nitrogen and oxygen atoms in total. The Morgan fingerprint density at radius 1 is 0.875 bits per heavy atom. The Hall–Kier alpha value is -3.40. The predicted octanol–water partition coefficient (Wildman–Crippen LogP) is 4.36. The Kier molecular flexibility index (Phi) is 4.68. The molecule has 0 unspecified atom stereocenters. The van der Waals surface area contributed by atoms with Crippen LogP contribution in [0.4, 0.5) is 5.69 Å². The van der Waals surface area contributed by atoms with E-state index in [9.17, 15) is 9.90 Å². The van der Waals surface area contributed by atoms with Crippen molar-refractivity contribution in [2.45, 2.75) is 0 Å². The van der Waals surface area contributed by atoms with Crippen LogP contribution in [0, 0.1) is 0 Å². The first-order chi connectivity index (χ1) is 11.7. The highest BCUT2D eigenvalue weighted by molar-refractivity contribution is 5.98. The lowest BCUT2D eigenvalue weighted by atomic mass is 10.1. The lowest BCUT2D eigenvalue weighted by Crippen LogP contribution is -2.09. The van der Waals surface area contributed by atoms with Crippen LogP contribution in [0.25, 0.3) is 0 Å². The molecule has 0 spiro atoms. The minimum Gasteiger partial charge on any atom is -0.506 e. The van der Waals surface area contributed by atoms with Crippen molar-refractivity contribution in [1.82, 2.24) is 0 Å². The molecule has 0 aliphatic rings. The molecule has 4 heteroatoms. The summed E-state index contributed by atoms with van der Waals surface area (Å²) in [6.07, 6.45) is 1.52. The van der Waals surface area contributed by atoms with E-state index in [2.05, 4.69) is 4.99 Å². The minimum absolute atomic E-state index is 0.0934. The number of hydrogen-bond donors (Lipinski definition) is 1. The van der Waals surface area contributed by atoms with Gasteiger partial charge in [-0.1, -0.05) is 42.5 Å². The molecule has 3 rings (SSSR count). The van der Waals surface area contributed by atoms with E-state index in [-0.39, 0.29) is 11.3 Å². The Morgan fingerprint density at radius 2 is 1.54 bits per heavy atom. The quantitative estimate of drug-likeness (QED) is 0.442. The summed E-state index contributed by atoms with van der Waals surface area (Å²) in [6, 6.07) is 22.9. The van der Waals surface area contributed by atoms with Gasteiger partial charge in [-0.15, -0.1) is 0 Å². The van der Waals surface area contributed by atoms with E-state index in [0.29, 0.717) is 11.3 Å². The van der Waals surface area contributed by atoms with E-state index in [0.717, 1.165) is 5.69 Å². The summed E-state index contributed by atoms with van der Waals surface area (Å²) in [5, 5.41) is 10.3. The number of hydrogen-bond acceptors (Lipinski definition) is 4. The summed E-state index contributed by atoms with van der Waals surface area (Å²) in [5.74, 6) is -0.350. The van der Waals surface area contributed by atoms with E-state index >= 15 is 0 Å². The van der Waals surface area contributed by atoms with Gasteiger partial charge in [-0.05, 0) is 36.4 Å². The third-order valence-corrected chi connectivity index (χ3v) is 3.35. The second-order valence-electron chi connectivity index (χ2n) is 5.04. The zero-order chi connectivity index (χ0) is 16.8. The van der Waals surface area contributed by atoms with Gasteiger partial charge in [-0.3, -0.25) is 4.99 Å². The summed E-state index contributed by atoms with van der Waals surface area (Å²) in [4.78, 5) is 16.5. The molecule has 0 aliphatic heterocycles. The van der Waals surface area contributed by atoms with Crippen molar-refractivity contribution in [2.75, 3.05) is 0 Å². The van der Waals surface area contributed by atoms with E-state index < -0.39 is 5.97 Å². The van der Waals surface area contributed by atoms with E-state index in [1.54, 1.807) is 36.4 Å². The summed E-state index contributed by atoms with van der Waals surface area (Å²) in [6.45, 7) is 0. The molecule has 0 saturated carbocycles. The number of phenols is 1. The van der Waals surface area contributed by atoms with Crippen LogP contribution in [0.15, 0.2) is 83.9 Å². The zero-order valence-electron chi connectivity index (χ0n) is 12.8. The largest absolute Gasteiger partial charge is 0.506 e. The molecule has 1 N–H and O–H groups in total. The summed E-state index contributed by atoms with van der Waals surface area (Å²) >= 11 is 0. The van der Waals surface area contributed by atoms with Gasteiger partial charge >= 0.3 is 5.97 Å². The number of aromatic hydroxyl groups is 1. The molecule has 3 aromatic rings. The molecule has 118 valence electrons. The van der Waals surface area contributed by atoms with Crippen molar-refractivity contribution in [2.24, 2.45) is 4.99 Å². The number of carbonyl (C=O) groups is 1. The highest BCUT2D eigenvalue weighted by Crippen LogP contribution is 2.23. The number of esters is 1. The number of ether oxygens (including phenoxy) is 1. The maximum atomic E-state index is 12.2. The fraction of sp³-hybridized carbons (Fsp3) is 0. The number of nitrogens with zero attached hydrogens (tertiary/aromatic N) is 1. The smallest absolute Gasteiger partial charge is 0.347 e. The predicted molar refractivity (Wildman–Crippen MR) is 93.2 cm³/mol. The Balaban J connectivity index is 1.83. The van der Waals surface area contributed by atoms with Gasteiger partial charge in [0.2, 0.25) is 0 Å². The van der Waals surface area contributed by atoms with Crippen LogP contribution in [0.2, 0.25) is 0 Å². The van der Waals surface area contributed by atoms with Gasteiger partial charge < -0.3 is 9.84 Å². The number of phenolic OH excluding ortho intramolecular Hbond substituents is 1. The summed E-state index contributed by atoms with van der Waals surface area (Å²) < 4.78 is 5.26. The Morgan fingerprint density at radius 3 is 2.25 bits per heavy atom. The van der Waals surface area contributed by atoms with Crippen LogP contribution < -0.4 is 4.74 Å². The number of benzene rings is 3. The maximum Gasteiger partial charge on any atom is 0.347 e. The van der Waals surface area contributed by atoms with Crippen LogP contribution in [0.3, 0.4) is 0 Å². The van der Waals surface area contributed by atoms with Crippen molar-refractivity contribution in [1.29, 1.82) is 0 Å². The average molecular weight is 317 g/mol. The number of para-hydroxylation sites is 3. The molecule has 3 aromatic carbocycles. The Labute approximate surface area is 139 Å². The van der Waals surface area contributed by atoms with Crippen molar-refractivity contribution in [3.05, 3.63) is 90.0 Å². The van der Waals surface area contributed by atoms with Gasteiger partial charge in [-0.2, -0.15) is 0 Å². The van der Waals surface area contributed by atoms with Gasteiger partial charge in [0.15, 0.2) is 0 Å². The van der Waals surface area contributed by atoms with Crippen molar-refractivity contribution in [3.8, 4) is 11.5 Å². The van der Waals surface area contributed by atoms with Crippen LogP contribution in [0.5, 0.6) is 11.5 Å². The average Bonchev–Trinajstić information content (AvgIpc) is 2.62. The lowest BCUT2D eigenvalue weighted by molar-refractivity contribution is 0.0731. The maximum absolute atomic E-state index is 12.2. The normalized spacial score (nSPS) is 10.7. The summed E-state index contributed by atoms with van der Waals surface area (Å²) in [7, 11) is 0. The minimum atomic E-state index is -0.617. The first kappa shape index (κ1) is 15.5. The van der Waals surface area contributed by atoms with Gasteiger partial charge in [0.05, 0.1) is 5.69 Å². The third kappa shape index (κ3) is 3.67. The topological polar surface area (TPSA) is 58.9 Å². The van der Waals surface area contributed by atoms with Crippen molar-refractivity contribution in [3.63, 3.8) is 0 Å². The Bertz CT molecular complexity index is 859. The highest BCUT2D eigenvalue weighted by Gasteiger charge is 2.15. The molecule has 0 aliphatic carbocycles. The fourth-order valence-electron chi connectivity index (χ4n) is 2.14. The van der Waals surface area contributed by atoms with Crippen LogP contribution >= 0.6 is 0 Å². The third-order valence-electron chi connectivity index (χ3n) is 3.35. The SMILES string of the molecule is O=C(Oc1ccccc1)c1cccc(C=Nc2ccccc2)c1O. The highest BCUT2D eigenvalue weighted by atomic mass is 16.5. The standard InChI is InChI=1S/C20H15NO3/c22-19-15(14-21-16-9-3-1-4-10-16)8-7-13-18(19)20(23)24-17-11-5-2-6-12-17/h1-14,22H. The van der Waals surface area contributed by atoms with E-state index in [1.807, 2.05) is 36.4 Å². The number of carbonyl (C=O) groups excluding carboxylic acids is 1. The molecular formula is C20H15NO3. The van der Waals surface area contributed by atoms with Crippen molar-refractivity contribution >= 4 is 17.9 Å². The van der Waals surface area contributed by atoms with Crippen LogP contribution in [-0.4, -0.2) is 17.3 Å². The number of aliphatic imine (C=N–C) groups is 1. The molecule has 0 atom stereocenters. The molecule has 0 fully saturated rings. The molecule has 0 aromatic heterocycles. The van der Waals surface area contributed by atoms with Crippen LogP contribution in [0.1, 0.15) is 15.9 Å². The van der Waals surface area contributed by atoms with Crippen molar-refractivity contribution < 1.29 is 14.6 Å². The molecule has 0 heterocycles. The second-order valence-corrected chi connectivity index (χ2v) is 5.04. The zero-order valence-corrected chi connectivity index (χ0v) is 12.8. The van der Waals surface area contributed by atoms with Crippen LogP contribution in [-0.2, 0) is 0 Å². The molecule has 0 radical (unpaired) electrons. The molecule has 24 heavy (non-hydrogen) atoms. The molecule has 0 bridgehead atoms. The van der Waals surface area contributed by atoms with Gasteiger partial charge in [0.1, 0.15) is 17.1 Å². The molecular weight excluding hydrogens is 302 g/mol. The summed E-state index contributed by atoms with van der Waals surface area (Å²) in [5.41, 5.74) is 1.30. The van der Waals surface area contributed by atoms with E-state index in [4.69, 9.17) is 4.74 Å². The first-order valence-electron chi connectivity index (χ1n) is 7.42. The fourth-order valence-corrected chi connectivity index (χ4v) is 2.14. The second kappa shape index (κ2) is 7.24. The molecule has 0 saturated heterocycles. The number of rotatable bonds is 4. The molecule has 0 amide bonds.